The number of aromatic nitrogens is 2. The Bertz CT molecular complexity index is 1990. The summed E-state index contributed by atoms with van der Waals surface area (Å²) in [4.78, 5) is 65.4. The first kappa shape index (κ1) is 40.0. The fourth-order valence-corrected chi connectivity index (χ4v) is 8.16. The maximum absolute atomic E-state index is 14.3. The van der Waals surface area contributed by atoms with Gasteiger partial charge in [-0.15, -0.1) is 0 Å². The lowest BCUT2D eigenvalue weighted by Gasteiger charge is -2.30. The molecule has 0 spiro atoms. The summed E-state index contributed by atoms with van der Waals surface area (Å²) in [6, 6.07) is 2.42. The number of carbonyl (C=O) groups excluding carboxylic acids is 4. The fourth-order valence-electron chi connectivity index (χ4n) is 6.85. The van der Waals surface area contributed by atoms with Crippen molar-refractivity contribution in [1.29, 1.82) is 0 Å². The van der Waals surface area contributed by atoms with E-state index < -0.39 is 80.5 Å². The molecule has 3 fully saturated rings. The number of aryl methyl sites for hydroxylation is 1. The van der Waals surface area contributed by atoms with Crippen LogP contribution in [0.2, 0.25) is 0 Å². The topological polar surface area (TPSA) is 195 Å². The molecule has 2 aliphatic heterocycles. The van der Waals surface area contributed by atoms with Gasteiger partial charge in [0, 0.05) is 18.4 Å². The molecule has 2 aliphatic carbocycles. The minimum absolute atomic E-state index is 0.0249. The molecule has 3 N–H and O–H groups in total. The van der Waals surface area contributed by atoms with Crippen LogP contribution in [0.1, 0.15) is 77.3 Å². The van der Waals surface area contributed by atoms with Crippen LogP contribution in [0.5, 0.6) is 11.6 Å². The Kier molecular flexibility index (Phi) is 11.0. The first-order valence-corrected chi connectivity index (χ1v) is 19.7. The number of hydrogen-bond donors (Lipinski definition) is 3. The molecule has 19 heteroatoms. The van der Waals surface area contributed by atoms with E-state index in [1.54, 1.807) is 31.2 Å². The van der Waals surface area contributed by atoms with Crippen LogP contribution in [-0.4, -0.2) is 102 Å². The Hall–Kier alpha value is -4.68. The number of alkyl halides is 3. The van der Waals surface area contributed by atoms with Gasteiger partial charge in [-0.05, 0) is 71.4 Å². The summed E-state index contributed by atoms with van der Waals surface area (Å²) < 4.78 is 83.0. The van der Waals surface area contributed by atoms with Crippen molar-refractivity contribution in [3.63, 3.8) is 0 Å². The van der Waals surface area contributed by atoms with Gasteiger partial charge >= 0.3 is 12.3 Å². The van der Waals surface area contributed by atoms with Crippen molar-refractivity contribution < 1.29 is 55.0 Å². The van der Waals surface area contributed by atoms with E-state index in [0.717, 1.165) is 4.90 Å². The predicted molar refractivity (Wildman–Crippen MR) is 190 cm³/mol. The zero-order valence-corrected chi connectivity index (χ0v) is 31.7. The molecule has 0 radical (unpaired) electrons. The molecular formula is C36H45F3N6O9S. The number of benzene rings is 1. The van der Waals surface area contributed by atoms with Crippen LogP contribution in [0.15, 0.2) is 30.4 Å². The Morgan fingerprint density at radius 1 is 1.11 bits per heavy atom. The number of hydrogen-bond acceptors (Lipinski definition) is 11. The Labute approximate surface area is 316 Å². The van der Waals surface area contributed by atoms with Crippen molar-refractivity contribution in [2.45, 2.75) is 119 Å². The third-order valence-corrected chi connectivity index (χ3v) is 13.0. The Morgan fingerprint density at radius 3 is 2.55 bits per heavy atom. The molecule has 2 saturated carbocycles. The molecule has 4 amide bonds. The van der Waals surface area contributed by atoms with Gasteiger partial charge in [-0.25, -0.2) is 23.2 Å². The average molecular weight is 795 g/mol. The number of ether oxygens (including phenoxy) is 3. The Morgan fingerprint density at radius 2 is 1.85 bits per heavy atom. The third kappa shape index (κ3) is 8.60. The lowest BCUT2D eigenvalue weighted by molar-refractivity contribution is -0.197. The molecule has 4 aliphatic rings. The number of nitrogens with zero attached hydrogens (tertiary/aromatic N) is 3. The summed E-state index contributed by atoms with van der Waals surface area (Å²) in [5.74, 6) is -2.35. The van der Waals surface area contributed by atoms with Crippen molar-refractivity contribution in [3.05, 3.63) is 36.0 Å². The number of allylic oxidation sites excluding steroid dienone is 1. The lowest BCUT2D eigenvalue weighted by atomic mass is 10.0. The summed E-state index contributed by atoms with van der Waals surface area (Å²) in [6.45, 7) is 3.65. The van der Waals surface area contributed by atoms with Crippen molar-refractivity contribution in [2.24, 2.45) is 5.92 Å². The van der Waals surface area contributed by atoms with Crippen LogP contribution in [-0.2, 0) is 29.1 Å². The van der Waals surface area contributed by atoms with Crippen molar-refractivity contribution in [3.8, 4) is 11.6 Å². The molecule has 0 bridgehead atoms. The van der Waals surface area contributed by atoms with E-state index in [1.807, 2.05) is 6.08 Å². The minimum Gasteiger partial charge on any atom is -0.497 e. The van der Waals surface area contributed by atoms with Gasteiger partial charge in [-0.3, -0.25) is 19.1 Å². The third-order valence-electron chi connectivity index (χ3n) is 10.8. The van der Waals surface area contributed by atoms with Gasteiger partial charge in [0.2, 0.25) is 27.7 Å². The zero-order valence-electron chi connectivity index (χ0n) is 30.9. The second kappa shape index (κ2) is 15.1. The summed E-state index contributed by atoms with van der Waals surface area (Å²) in [5, 5.41) is 5.04. The highest BCUT2D eigenvalue weighted by Crippen LogP contribution is 2.47. The summed E-state index contributed by atoms with van der Waals surface area (Å²) in [5.41, 5.74) is -0.204. The number of halogens is 3. The number of alkyl carbamates (subject to hydrolysis) is 1. The van der Waals surface area contributed by atoms with Gasteiger partial charge in [0.15, 0.2) is 6.10 Å². The maximum atomic E-state index is 14.3. The smallest absolute Gasteiger partial charge is 0.425 e. The number of rotatable bonds is 8. The summed E-state index contributed by atoms with van der Waals surface area (Å²) in [7, 11) is -2.56. The van der Waals surface area contributed by atoms with E-state index in [0.29, 0.717) is 67.9 Å². The van der Waals surface area contributed by atoms with Crippen LogP contribution < -0.4 is 24.8 Å². The molecule has 6 rings (SSSR count). The molecule has 300 valence electrons. The van der Waals surface area contributed by atoms with Crippen molar-refractivity contribution >= 4 is 44.9 Å². The van der Waals surface area contributed by atoms with E-state index in [2.05, 4.69) is 30.1 Å². The minimum atomic E-state index is -4.84. The van der Waals surface area contributed by atoms with Crippen molar-refractivity contribution in [1.82, 2.24) is 30.2 Å². The average Bonchev–Trinajstić information content (AvgIpc) is 4.00. The number of nitrogens with one attached hydrogen (secondary N) is 3. The van der Waals surface area contributed by atoms with Gasteiger partial charge in [0.05, 0.1) is 29.4 Å². The molecule has 1 saturated heterocycles. The number of sulfonamides is 1. The van der Waals surface area contributed by atoms with Gasteiger partial charge in [-0.2, -0.15) is 13.2 Å². The van der Waals surface area contributed by atoms with Gasteiger partial charge in [0.25, 0.3) is 5.91 Å². The molecule has 1 aromatic heterocycles. The number of fused-ring (bicyclic) bond motifs is 3. The highest BCUT2D eigenvalue weighted by molar-refractivity contribution is 7.91. The van der Waals surface area contributed by atoms with E-state index in [9.17, 15) is 40.8 Å². The van der Waals surface area contributed by atoms with Gasteiger partial charge in [0.1, 0.15) is 35.2 Å². The Balaban J connectivity index is 1.31. The van der Waals surface area contributed by atoms with Crippen LogP contribution >= 0.6 is 0 Å². The van der Waals surface area contributed by atoms with Crippen LogP contribution in [0.3, 0.4) is 0 Å². The first-order chi connectivity index (χ1) is 25.9. The second-order valence-corrected chi connectivity index (χ2v) is 17.2. The molecule has 0 unspecified atom stereocenters. The predicted octanol–water partition coefficient (Wildman–Crippen LogP) is 3.73. The molecule has 15 nitrogen and oxygen atoms in total. The summed E-state index contributed by atoms with van der Waals surface area (Å²) in [6.07, 6.45) is -3.07. The fraction of sp³-hybridized carbons (Fsp3) is 0.611. The monoisotopic (exact) mass is 794 g/mol. The van der Waals surface area contributed by atoms with E-state index in [1.165, 1.54) is 14.0 Å². The largest absolute Gasteiger partial charge is 0.497 e. The van der Waals surface area contributed by atoms with Crippen LogP contribution in [0, 0.1) is 12.8 Å². The standard InChI is InChI=1S/C36H45F3N6O9S/c1-20-30(41-27-16-23(52-4)12-13-25(27)40-20)54-24-17-28-29(46)43-35(32(48)44-55(50,51)34(3)14-15-34)18-22(35)10-8-6-5-7-9-11-26(31(47)45(28)19-24)42-33(49)53-21(2)36(37,38)39/h8,10,12-13,16,21-22,24,26,28H,5-7,9,11,14-15,17-19H2,1-4H3,(H,42,49)(H,43,46)(H,44,48)/b10-8+/t21-,22-,24-,26+,28+,35-/m1/s1. The number of amides is 4. The number of carbonyl (C=O) groups is 4. The molecule has 6 atom stereocenters. The lowest BCUT2D eigenvalue weighted by Crippen LogP contribution is -2.58. The molecule has 1 aromatic carbocycles. The van der Waals surface area contributed by atoms with Crippen LogP contribution in [0.4, 0.5) is 18.0 Å². The maximum Gasteiger partial charge on any atom is 0.425 e. The van der Waals surface area contributed by atoms with Crippen molar-refractivity contribution in [2.75, 3.05) is 13.7 Å². The van der Waals surface area contributed by atoms with Gasteiger partial charge < -0.3 is 29.7 Å². The molecule has 2 aromatic rings. The SMILES string of the molecule is COc1ccc2nc(C)c(O[C@@H]3C[C@H]4C(=O)N[C@]5(C(=O)NS(=O)(=O)C6(C)CC6)C[C@H]5/C=C/CCCCC[C@H](NC(=O)O[C@H](C)C(F)(F)F)C(=O)N4C3)nc2c1. The zero-order chi connectivity index (χ0) is 39.9. The molecule has 3 heterocycles. The highest BCUT2D eigenvalue weighted by atomic mass is 32.2. The number of methoxy groups -OCH3 is 1. The summed E-state index contributed by atoms with van der Waals surface area (Å²) >= 11 is 0. The molecule has 55 heavy (non-hydrogen) atoms. The van der Waals surface area contributed by atoms with E-state index in [-0.39, 0.29) is 31.7 Å². The highest BCUT2D eigenvalue weighted by Gasteiger charge is 2.63. The van der Waals surface area contributed by atoms with E-state index >= 15 is 0 Å². The normalized spacial score (nSPS) is 27.9. The molecular weight excluding hydrogens is 749 g/mol. The first-order valence-electron chi connectivity index (χ1n) is 18.2. The van der Waals surface area contributed by atoms with E-state index in [4.69, 9.17) is 9.47 Å². The van der Waals surface area contributed by atoms with Gasteiger partial charge in [-0.1, -0.05) is 25.0 Å². The second-order valence-electron chi connectivity index (χ2n) is 15.0. The quantitative estimate of drug-likeness (QED) is 0.330. The van der Waals surface area contributed by atoms with Crippen LogP contribution in [0.25, 0.3) is 11.0 Å².